The Bertz CT molecular complexity index is 437. The van der Waals surface area contributed by atoms with Gasteiger partial charge in [0.25, 0.3) is 0 Å². The highest BCUT2D eigenvalue weighted by atomic mass is 79.9. The summed E-state index contributed by atoms with van der Waals surface area (Å²) < 4.78 is 1.02. The zero-order valence-electron chi connectivity index (χ0n) is 11.1. The van der Waals surface area contributed by atoms with E-state index in [4.69, 9.17) is 5.11 Å². The maximum absolute atomic E-state index is 11.6. The highest BCUT2D eigenvalue weighted by Crippen LogP contribution is 2.20. The van der Waals surface area contributed by atoms with Crippen molar-refractivity contribution in [1.82, 2.24) is 5.32 Å². The Kier molecular flexibility index (Phi) is 8.37. The molecule has 110 valence electrons. The smallest absolute Gasteiger partial charge is 0.303 e. The van der Waals surface area contributed by atoms with Gasteiger partial charge in [0, 0.05) is 22.3 Å². The molecule has 0 heterocycles. The number of carboxylic acid groups (broad SMARTS) is 1. The summed E-state index contributed by atoms with van der Waals surface area (Å²) >= 11 is 4.86. The van der Waals surface area contributed by atoms with Crippen LogP contribution in [-0.4, -0.2) is 29.3 Å². The van der Waals surface area contributed by atoms with Gasteiger partial charge in [-0.1, -0.05) is 22.4 Å². The van der Waals surface area contributed by atoms with Crippen molar-refractivity contribution in [2.75, 3.05) is 12.3 Å². The number of nitrogens with one attached hydrogen (secondary N) is 1. The third-order valence-electron chi connectivity index (χ3n) is 2.57. The summed E-state index contributed by atoms with van der Waals surface area (Å²) in [5, 5.41) is 11.3. The number of carbonyl (C=O) groups is 2. The largest absolute Gasteiger partial charge is 0.481 e. The first kappa shape index (κ1) is 17.0. The van der Waals surface area contributed by atoms with Gasteiger partial charge in [0.05, 0.1) is 5.75 Å². The number of unbranched alkanes of at least 4 members (excludes halogenated alkanes) is 2. The quantitative estimate of drug-likeness (QED) is 0.524. The van der Waals surface area contributed by atoms with Gasteiger partial charge >= 0.3 is 5.97 Å². The number of aliphatic carboxylic acids is 1. The number of amides is 1. The molecule has 0 aromatic heterocycles. The molecule has 1 aromatic carbocycles. The monoisotopic (exact) mass is 359 g/mol. The van der Waals surface area contributed by atoms with Gasteiger partial charge in [-0.2, -0.15) is 0 Å². The lowest BCUT2D eigenvalue weighted by atomic mass is 10.2. The van der Waals surface area contributed by atoms with Crippen LogP contribution in [0.3, 0.4) is 0 Å². The standard InChI is InChI=1S/C14H18BrNO3S/c15-11-5-7-12(8-6-11)20-10-13(17)16-9-3-1-2-4-14(18)19/h5-8H,1-4,9-10H2,(H,16,17)(H,18,19). The number of carboxylic acids is 1. The van der Waals surface area contributed by atoms with Crippen LogP contribution in [0.2, 0.25) is 0 Å². The highest BCUT2D eigenvalue weighted by Gasteiger charge is 2.02. The molecule has 0 aliphatic rings. The van der Waals surface area contributed by atoms with E-state index in [1.54, 1.807) is 0 Å². The molecule has 0 spiro atoms. The molecule has 4 nitrogen and oxygen atoms in total. The molecule has 0 bridgehead atoms. The van der Waals surface area contributed by atoms with Crippen molar-refractivity contribution in [3.8, 4) is 0 Å². The lowest BCUT2D eigenvalue weighted by Gasteiger charge is -2.05. The van der Waals surface area contributed by atoms with Crippen LogP contribution in [0.15, 0.2) is 33.6 Å². The second kappa shape index (κ2) is 9.83. The summed E-state index contributed by atoms with van der Waals surface area (Å²) in [6, 6.07) is 7.83. The van der Waals surface area contributed by atoms with Gasteiger partial charge in [-0.25, -0.2) is 0 Å². The second-order valence-electron chi connectivity index (χ2n) is 4.30. The number of hydrogen-bond acceptors (Lipinski definition) is 3. The van der Waals surface area contributed by atoms with Crippen molar-refractivity contribution in [1.29, 1.82) is 0 Å². The molecule has 0 aliphatic carbocycles. The van der Waals surface area contributed by atoms with E-state index in [-0.39, 0.29) is 12.3 Å². The minimum atomic E-state index is -0.764. The third kappa shape index (κ3) is 8.22. The van der Waals surface area contributed by atoms with Gasteiger partial charge in [-0.15, -0.1) is 11.8 Å². The van der Waals surface area contributed by atoms with E-state index in [0.717, 1.165) is 22.2 Å². The Balaban J connectivity index is 2.06. The summed E-state index contributed by atoms with van der Waals surface area (Å²) in [5.74, 6) is -0.354. The molecule has 1 aromatic rings. The van der Waals surface area contributed by atoms with E-state index in [9.17, 15) is 9.59 Å². The predicted molar refractivity (Wildman–Crippen MR) is 84.0 cm³/mol. The molecule has 0 radical (unpaired) electrons. The fourth-order valence-corrected chi connectivity index (χ4v) is 2.53. The molecule has 6 heteroatoms. The number of hydrogen-bond donors (Lipinski definition) is 2. The van der Waals surface area contributed by atoms with Gasteiger partial charge in [0.2, 0.25) is 5.91 Å². The molecule has 0 saturated carbocycles. The van der Waals surface area contributed by atoms with Gasteiger partial charge in [0.1, 0.15) is 0 Å². The number of rotatable bonds is 9. The molecule has 1 rings (SSSR count). The van der Waals surface area contributed by atoms with Crippen LogP contribution in [0.5, 0.6) is 0 Å². The van der Waals surface area contributed by atoms with Crippen LogP contribution in [-0.2, 0) is 9.59 Å². The summed E-state index contributed by atoms with van der Waals surface area (Å²) in [5.41, 5.74) is 0. The van der Waals surface area contributed by atoms with Crippen molar-refractivity contribution < 1.29 is 14.7 Å². The summed E-state index contributed by atoms with van der Waals surface area (Å²) in [7, 11) is 0. The first-order valence-corrected chi connectivity index (χ1v) is 8.22. The maximum Gasteiger partial charge on any atom is 0.303 e. The second-order valence-corrected chi connectivity index (χ2v) is 6.26. The average Bonchev–Trinajstić information content (AvgIpc) is 2.41. The van der Waals surface area contributed by atoms with Gasteiger partial charge in [0.15, 0.2) is 0 Å². The van der Waals surface area contributed by atoms with Crippen LogP contribution in [0.1, 0.15) is 25.7 Å². The van der Waals surface area contributed by atoms with Crippen molar-refractivity contribution in [3.05, 3.63) is 28.7 Å². The van der Waals surface area contributed by atoms with Crippen LogP contribution in [0.4, 0.5) is 0 Å². The van der Waals surface area contributed by atoms with Gasteiger partial charge < -0.3 is 10.4 Å². The van der Waals surface area contributed by atoms with Crippen molar-refractivity contribution >= 4 is 39.6 Å². The topological polar surface area (TPSA) is 66.4 Å². The van der Waals surface area contributed by atoms with E-state index in [1.807, 2.05) is 24.3 Å². The SMILES string of the molecule is O=C(O)CCCCCNC(=O)CSc1ccc(Br)cc1. The zero-order valence-corrected chi connectivity index (χ0v) is 13.5. The fourth-order valence-electron chi connectivity index (χ4n) is 1.54. The number of thioether (sulfide) groups is 1. The molecule has 1 amide bonds. The van der Waals surface area contributed by atoms with Crippen LogP contribution in [0.25, 0.3) is 0 Å². The maximum atomic E-state index is 11.6. The van der Waals surface area contributed by atoms with Crippen molar-refractivity contribution in [2.24, 2.45) is 0 Å². The number of carbonyl (C=O) groups excluding carboxylic acids is 1. The number of benzene rings is 1. The highest BCUT2D eigenvalue weighted by molar-refractivity contribution is 9.10. The Morgan fingerprint density at radius 1 is 1.15 bits per heavy atom. The minimum absolute atomic E-state index is 0.0103. The summed E-state index contributed by atoms with van der Waals surface area (Å²) in [6.07, 6.45) is 2.51. The Hall–Kier alpha value is -1.01. The van der Waals surface area contributed by atoms with Crippen LogP contribution in [0, 0.1) is 0 Å². The molecular formula is C14H18BrNO3S. The molecule has 20 heavy (non-hydrogen) atoms. The predicted octanol–water partition coefficient (Wildman–Crippen LogP) is 3.30. The Morgan fingerprint density at radius 3 is 2.50 bits per heavy atom. The third-order valence-corrected chi connectivity index (χ3v) is 4.11. The molecule has 2 N–H and O–H groups in total. The van der Waals surface area contributed by atoms with Crippen molar-refractivity contribution in [3.63, 3.8) is 0 Å². The first-order chi connectivity index (χ1) is 9.58. The van der Waals surface area contributed by atoms with Crippen LogP contribution >= 0.6 is 27.7 Å². The van der Waals surface area contributed by atoms with E-state index < -0.39 is 5.97 Å². The lowest BCUT2D eigenvalue weighted by Crippen LogP contribution is -2.26. The molecule has 0 atom stereocenters. The minimum Gasteiger partial charge on any atom is -0.481 e. The summed E-state index contributed by atoms with van der Waals surface area (Å²) in [6.45, 7) is 0.610. The lowest BCUT2D eigenvalue weighted by molar-refractivity contribution is -0.137. The molecule has 0 aliphatic heterocycles. The van der Waals surface area contributed by atoms with Gasteiger partial charge in [-0.05, 0) is 37.1 Å². The molecule has 0 unspecified atom stereocenters. The van der Waals surface area contributed by atoms with E-state index in [0.29, 0.717) is 18.7 Å². The van der Waals surface area contributed by atoms with Crippen molar-refractivity contribution in [2.45, 2.75) is 30.6 Å². The normalized spacial score (nSPS) is 10.2. The summed E-state index contributed by atoms with van der Waals surface area (Å²) in [4.78, 5) is 23.0. The zero-order chi connectivity index (χ0) is 14.8. The van der Waals surface area contributed by atoms with Gasteiger partial charge in [-0.3, -0.25) is 9.59 Å². The fraction of sp³-hybridized carbons (Fsp3) is 0.429. The average molecular weight is 360 g/mol. The molecule has 0 saturated heterocycles. The van der Waals surface area contributed by atoms with E-state index in [1.165, 1.54) is 11.8 Å². The molecular weight excluding hydrogens is 342 g/mol. The molecule has 0 fully saturated rings. The van der Waals surface area contributed by atoms with Crippen LogP contribution < -0.4 is 5.32 Å². The Labute approximate surface area is 131 Å². The van der Waals surface area contributed by atoms with E-state index in [2.05, 4.69) is 21.2 Å². The first-order valence-electron chi connectivity index (χ1n) is 6.45. The van der Waals surface area contributed by atoms with E-state index >= 15 is 0 Å². The number of halogens is 1. The Morgan fingerprint density at radius 2 is 1.85 bits per heavy atom.